The fourth-order valence-electron chi connectivity index (χ4n) is 2.91. The molecule has 1 unspecified atom stereocenters. The van der Waals surface area contributed by atoms with Crippen molar-refractivity contribution in [3.8, 4) is 0 Å². The zero-order chi connectivity index (χ0) is 15.4. The Morgan fingerprint density at radius 3 is 3.09 bits per heavy atom. The van der Waals surface area contributed by atoms with Gasteiger partial charge in [-0.25, -0.2) is 4.68 Å². The normalized spacial score (nSPS) is 18.6. The number of H-pyrrole nitrogens is 1. The van der Waals surface area contributed by atoms with Crippen molar-refractivity contribution in [2.24, 2.45) is 7.05 Å². The van der Waals surface area contributed by atoms with Crippen LogP contribution in [0.2, 0.25) is 0 Å². The Balaban J connectivity index is 1.65. The average Bonchev–Trinajstić information content (AvgIpc) is 3.04. The monoisotopic (exact) mass is 302 g/mol. The van der Waals surface area contributed by atoms with Crippen molar-refractivity contribution in [2.45, 2.75) is 31.8 Å². The minimum atomic E-state index is -0.0737. The van der Waals surface area contributed by atoms with Crippen LogP contribution in [0.1, 0.15) is 24.8 Å². The van der Waals surface area contributed by atoms with E-state index in [0.717, 1.165) is 37.4 Å². The van der Waals surface area contributed by atoms with E-state index in [2.05, 4.69) is 25.5 Å². The second-order valence-electron chi connectivity index (χ2n) is 5.73. The third-order valence-corrected chi connectivity index (χ3v) is 4.13. The Morgan fingerprint density at radius 1 is 1.41 bits per heavy atom. The molecule has 1 fully saturated rings. The number of aromatic nitrogens is 4. The van der Waals surface area contributed by atoms with Crippen molar-refractivity contribution >= 4 is 5.82 Å². The highest BCUT2D eigenvalue weighted by Gasteiger charge is 2.23. The molecule has 3 heterocycles. The third-order valence-electron chi connectivity index (χ3n) is 4.13. The molecule has 0 aliphatic carbocycles. The zero-order valence-corrected chi connectivity index (χ0v) is 12.8. The minimum absolute atomic E-state index is 0.0737. The van der Waals surface area contributed by atoms with Crippen LogP contribution < -0.4 is 15.8 Å². The van der Waals surface area contributed by atoms with Gasteiger partial charge in [0.05, 0.1) is 6.20 Å². The summed E-state index contributed by atoms with van der Waals surface area (Å²) in [4.78, 5) is 13.8. The Hall–Kier alpha value is -2.15. The Kier molecular flexibility index (Phi) is 4.53. The van der Waals surface area contributed by atoms with Crippen LogP contribution in [0, 0.1) is 0 Å². The molecule has 0 saturated carbocycles. The molecule has 7 heteroatoms. The van der Waals surface area contributed by atoms with E-state index in [1.54, 1.807) is 13.1 Å². The molecule has 2 aromatic rings. The number of hydrogen-bond acceptors (Lipinski definition) is 5. The molecule has 2 N–H and O–H groups in total. The largest absolute Gasteiger partial charge is 0.351 e. The highest BCUT2D eigenvalue weighted by molar-refractivity contribution is 5.38. The molecular weight excluding hydrogens is 280 g/mol. The summed E-state index contributed by atoms with van der Waals surface area (Å²) in [5.41, 5.74) is 1.08. The van der Waals surface area contributed by atoms with E-state index in [-0.39, 0.29) is 5.56 Å². The van der Waals surface area contributed by atoms with Crippen molar-refractivity contribution in [2.75, 3.05) is 18.0 Å². The molecular formula is C15H22N6O. The van der Waals surface area contributed by atoms with Crippen LogP contribution in [0.4, 0.5) is 5.82 Å². The second-order valence-corrected chi connectivity index (χ2v) is 5.73. The van der Waals surface area contributed by atoms with Gasteiger partial charge in [-0.3, -0.25) is 9.89 Å². The van der Waals surface area contributed by atoms with E-state index in [4.69, 9.17) is 0 Å². The molecule has 0 radical (unpaired) electrons. The van der Waals surface area contributed by atoms with Crippen LogP contribution in [-0.2, 0) is 13.6 Å². The van der Waals surface area contributed by atoms with Crippen molar-refractivity contribution in [3.05, 3.63) is 40.4 Å². The van der Waals surface area contributed by atoms with E-state index in [1.165, 1.54) is 17.5 Å². The van der Waals surface area contributed by atoms with Crippen LogP contribution in [0.15, 0.2) is 29.3 Å². The van der Waals surface area contributed by atoms with Gasteiger partial charge in [0.15, 0.2) is 0 Å². The Morgan fingerprint density at radius 2 is 2.32 bits per heavy atom. The number of rotatable bonds is 5. The first-order chi connectivity index (χ1) is 10.7. The number of nitrogens with one attached hydrogen (secondary N) is 2. The smallest absolute Gasteiger partial charge is 0.266 e. The highest BCUT2D eigenvalue weighted by atomic mass is 16.1. The Bertz CT molecular complexity index is 650. The maximum absolute atomic E-state index is 11.5. The first kappa shape index (κ1) is 14.8. The summed E-state index contributed by atoms with van der Waals surface area (Å²) in [7, 11) is 1.70. The molecule has 7 nitrogen and oxygen atoms in total. The standard InChI is InChI=1S/C15H22N6O/c1-20-15(22)6-5-14(19-20)21-7-3-2-4-13(21)11-16-8-12-9-17-18-10-12/h5-6,9-10,13,16H,2-4,7-8,11H2,1H3,(H,17,18). The maximum atomic E-state index is 11.5. The second kappa shape index (κ2) is 6.74. The van der Waals surface area contributed by atoms with Crippen LogP contribution in [-0.4, -0.2) is 39.1 Å². The van der Waals surface area contributed by atoms with Crippen molar-refractivity contribution in [1.82, 2.24) is 25.3 Å². The number of piperidine rings is 1. The fourth-order valence-corrected chi connectivity index (χ4v) is 2.91. The molecule has 3 rings (SSSR count). The molecule has 0 aromatic carbocycles. The van der Waals surface area contributed by atoms with Gasteiger partial charge in [-0.15, -0.1) is 0 Å². The quantitative estimate of drug-likeness (QED) is 0.848. The van der Waals surface area contributed by atoms with Crippen LogP contribution in [0.3, 0.4) is 0 Å². The molecule has 2 aromatic heterocycles. The minimum Gasteiger partial charge on any atom is -0.351 e. The van der Waals surface area contributed by atoms with E-state index >= 15 is 0 Å². The summed E-state index contributed by atoms with van der Waals surface area (Å²) >= 11 is 0. The Labute approximate surface area is 129 Å². The lowest BCUT2D eigenvalue weighted by Crippen LogP contribution is -2.46. The van der Waals surface area contributed by atoms with Crippen LogP contribution >= 0.6 is 0 Å². The maximum Gasteiger partial charge on any atom is 0.266 e. The van der Waals surface area contributed by atoms with Crippen LogP contribution in [0.25, 0.3) is 0 Å². The van der Waals surface area contributed by atoms with Gasteiger partial charge < -0.3 is 10.2 Å². The summed E-state index contributed by atoms with van der Waals surface area (Å²) in [5.74, 6) is 0.886. The van der Waals surface area contributed by atoms with E-state index in [0.29, 0.717) is 6.04 Å². The summed E-state index contributed by atoms with van der Waals surface area (Å²) in [6, 6.07) is 3.83. The van der Waals surface area contributed by atoms with Gasteiger partial charge in [-0.05, 0) is 25.3 Å². The summed E-state index contributed by atoms with van der Waals surface area (Å²) in [6.07, 6.45) is 7.28. The highest BCUT2D eigenvalue weighted by Crippen LogP contribution is 2.21. The van der Waals surface area contributed by atoms with Gasteiger partial charge >= 0.3 is 0 Å². The van der Waals surface area contributed by atoms with Gasteiger partial charge in [-0.1, -0.05) is 0 Å². The topological polar surface area (TPSA) is 78.8 Å². The number of aryl methyl sites for hydroxylation is 1. The molecule has 22 heavy (non-hydrogen) atoms. The van der Waals surface area contributed by atoms with Gasteiger partial charge in [0.25, 0.3) is 5.56 Å². The molecule has 118 valence electrons. The molecule has 1 saturated heterocycles. The first-order valence-corrected chi connectivity index (χ1v) is 7.73. The van der Waals surface area contributed by atoms with Gasteiger partial charge in [0, 0.05) is 50.6 Å². The van der Waals surface area contributed by atoms with Crippen molar-refractivity contribution < 1.29 is 0 Å². The summed E-state index contributed by atoms with van der Waals surface area (Å²) in [5, 5.41) is 14.6. The zero-order valence-electron chi connectivity index (χ0n) is 12.8. The number of hydrogen-bond donors (Lipinski definition) is 2. The van der Waals surface area contributed by atoms with Gasteiger partial charge in [0.2, 0.25) is 0 Å². The number of anilines is 1. The lowest BCUT2D eigenvalue weighted by Gasteiger charge is -2.36. The molecule has 1 aliphatic rings. The third kappa shape index (κ3) is 3.36. The number of nitrogens with zero attached hydrogens (tertiary/aromatic N) is 4. The SMILES string of the molecule is Cn1nc(N2CCCCC2CNCc2cn[nH]c2)ccc1=O. The summed E-state index contributed by atoms with van der Waals surface area (Å²) < 4.78 is 1.40. The molecule has 0 spiro atoms. The molecule has 0 bridgehead atoms. The molecule has 1 atom stereocenters. The van der Waals surface area contributed by atoms with E-state index in [1.807, 2.05) is 18.5 Å². The van der Waals surface area contributed by atoms with Gasteiger partial charge in [0.1, 0.15) is 5.82 Å². The first-order valence-electron chi connectivity index (χ1n) is 7.73. The van der Waals surface area contributed by atoms with E-state index in [9.17, 15) is 4.79 Å². The predicted octanol–water partition coefficient (Wildman–Crippen LogP) is 0.652. The predicted molar refractivity (Wildman–Crippen MR) is 84.8 cm³/mol. The molecule has 1 aliphatic heterocycles. The van der Waals surface area contributed by atoms with Crippen molar-refractivity contribution in [3.63, 3.8) is 0 Å². The fraction of sp³-hybridized carbons (Fsp3) is 0.533. The van der Waals surface area contributed by atoms with Crippen molar-refractivity contribution in [1.29, 1.82) is 0 Å². The average molecular weight is 302 g/mol. The van der Waals surface area contributed by atoms with Crippen LogP contribution in [0.5, 0.6) is 0 Å². The lowest BCUT2D eigenvalue weighted by molar-refractivity contribution is 0.429. The molecule has 0 amide bonds. The van der Waals surface area contributed by atoms with E-state index < -0.39 is 0 Å². The van der Waals surface area contributed by atoms with Gasteiger partial charge in [-0.2, -0.15) is 10.2 Å². The summed E-state index contributed by atoms with van der Waals surface area (Å²) in [6.45, 7) is 2.69. The number of aromatic amines is 1. The lowest BCUT2D eigenvalue weighted by atomic mass is 10.0.